The minimum absolute atomic E-state index is 0. The fourth-order valence-corrected chi connectivity index (χ4v) is 3.08. The molecule has 7 nitrogen and oxygen atoms in total. The van der Waals surface area contributed by atoms with Gasteiger partial charge in [-0.3, -0.25) is 9.59 Å². The first kappa shape index (κ1) is 38.1. The zero-order valence-corrected chi connectivity index (χ0v) is 23.5. The number of likely N-dealkylation sites (N-methyl/N-ethyl adjacent to an activating group) is 3. The summed E-state index contributed by atoms with van der Waals surface area (Å²) in [6, 6.07) is 0. The number of Topliss-reactive ketones (excluding diaryl/α,β-unsaturated/α-hetero) is 1. The first-order valence-corrected chi connectivity index (χ1v) is 10.3. The molecule has 0 saturated carbocycles. The zero-order chi connectivity index (χ0) is 22.4. The van der Waals surface area contributed by atoms with Gasteiger partial charge in [0.25, 0.3) is 0 Å². The van der Waals surface area contributed by atoms with E-state index < -0.39 is 11.5 Å². The maximum absolute atomic E-state index is 12.5. The third kappa shape index (κ3) is 18.0. The van der Waals surface area contributed by atoms with Gasteiger partial charge in [-0.15, -0.1) is 0 Å². The molecule has 0 rings (SSSR count). The van der Waals surface area contributed by atoms with E-state index in [-0.39, 0.29) is 48.9 Å². The summed E-state index contributed by atoms with van der Waals surface area (Å²) in [5.41, 5.74) is -0.391. The van der Waals surface area contributed by atoms with Crippen LogP contribution in [-0.4, -0.2) is 119 Å². The summed E-state index contributed by atoms with van der Waals surface area (Å²) in [5, 5.41) is 13.3. The maximum Gasteiger partial charge on any atom is 0.229 e. The summed E-state index contributed by atoms with van der Waals surface area (Å²) in [5.74, 6) is 0.207. The number of aliphatic hydroxyl groups excluding tert-OH is 1. The van der Waals surface area contributed by atoms with E-state index in [0.29, 0.717) is 52.7 Å². The van der Waals surface area contributed by atoms with Crippen LogP contribution in [0.1, 0.15) is 33.6 Å². The summed E-state index contributed by atoms with van der Waals surface area (Å²) in [7, 11) is 14.2. The number of ketones is 1. The fourth-order valence-electron chi connectivity index (χ4n) is 3.08. The van der Waals surface area contributed by atoms with Crippen LogP contribution >= 0.6 is 0 Å². The van der Waals surface area contributed by atoms with E-state index in [4.69, 9.17) is 0 Å². The Bertz CT molecular complexity index is 536. The molecule has 190 valence electrons. The lowest BCUT2D eigenvalue weighted by Crippen LogP contribution is -3.00. The van der Waals surface area contributed by atoms with Crippen molar-refractivity contribution in [2.45, 2.75) is 39.7 Å². The molecule has 0 bridgehead atoms. The van der Waals surface area contributed by atoms with Crippen LogP contribution in [0.2, 0.25) is 0 Å². The molecule has 0 aliphatic heterocycles. The summed E-state index contributed by atoms with van der Waals surface area (Å²) in [6.07, 6.45) is 0.854. The quantitative estimate of drug-likeness (QED) is 0.191. The van der Waals surface area contributed by atoms with E-state index >= 15 is 0 Å². The first-order valence-electron chi connectivity index (χ1n) is 10.3. The Labute approximate surface area is 209 Å². The molecular formula is C21H47Cl3N4O3. The number of quaternary nitrogens is 3. The largest absolute Gasteiger partial charge is 1.00 e. The van der Waals surface area contributed by atoms with Gasteiger partial charge in [-0.25, -0.2) is 0 Å². The van der Waals surface area contributed by atoms with Crippen molar-refractivity contribution in [1.82, 2.24) is 5.32 Å². The third-order valence-corrected chi connectivity index (χ3v) is 5.23. The van der Waals surface area contributed by atoms with Gasteiger partial charge in [0.15, 0.2) is 18.6 Å². The fraction of sp³-hybridized carbons (Fsp3) is 0.905. The first-order chi connectivity index (χ1) is 12.4. The van der Waals surface area contributed by atoms with Crippen LogP contribution in [-0.2, 0) is 9.59 Å². The standard InChI is InChI=1S/C21H46N4O3.3ClH/c1-11-21(2,3)20(28)22-17-25(9,10)15-18(26)12-13-24(7,8)16-19(27)14-23(4,5)6;;;/h19,27H,11-17H2,1-10H3;3*1H/q+2;;;/p-2. The topological polar surface area (TPSA) is 66.4 Å². The van der Waals surface area contributed by atoms with Crippen molar-refractivity contribution < 1.29 is 65.4 Å². The third-order valence-electron chi connectivity index (χ3n) is 5.23. The SMILES string of the molecule is CCC(C)(C)C(=O)NC[N+](C)(C)CC(=O)CC[N+](C)(C)CC(O)C[N+](C)(C)C.[Cl-].[Cl-].[Cl-]. The van der Waals surface area contributed by atoms with E-state index in [2.05, 4.69) is 40.6 Å². The maximum atomic E-state index is 12.5. The second-order valence-electron chi connectivity index (χ2n) is 11.3. The Balaban J connectivity index is -0.00000121. The van der Waals surface area contributed by atoms with Crippen molar-refractivity contribution in [3.63, 3.8) is 0 Å². The van der Waals surface area contributed by atoms with Crippen LogP contribution in [0.3, 0.4) is 0 Å². The Hall–Kier alpha value is -0.150. The predicted molar refractivity (Wildman–Crippen MR) is 114 cm³/mol. The number of halogens is 3. The number of nitrogens with one attached hydrogen (secondary N) is 1. The average Bonchev–Trinajstić information content (AvgIpc) is 2.47. The Morgan fingerprint density at radius 1 is 0.903 bits per heavy atom. The monoisotopic (exact) mass is 508 g/mol. The molecule has 10 heteroatoms. The number of nitrogens with zero attached hydrogens (tertiary/aromatic N) is 3. The molecule has 1 amide bonds. The molecule has 0 aromatic heterocycles. The second kappa shape index (κ2) is 14.9. The lowest BCUT2D eigenvalue weighted by atomic mass is 9.89. The molecule has 1 atom stereocenters. The smallest absolute Gasteiger partial charge is 0.229 e. The number of amides is 1. The molecule has 0 heterocycles. The zero-order valence-electron chi connectivity index (χ0n) is 21.3. The summed E-state index contributed by atoms with van der Waals surface area (Å²) >= 11 is 0. The number of rotatable bonds is 13. The average molecular weight is 510 g/mol. The molecule has 31 heavy (non-hydrogen) atoms. The highest BCUT2D eigenvalue weighted by molar-refractivity contribution is 5.81. The van der Waals surface area contributed by atoms with E-state index in [1.165, 1.54) is 0 Å². The van der Waals surface area contributed by atoms with Crippen LogP contribution in [0.5, 0.6) is 0 Å². The molecule has 0 fully saturated rings. The van der Waals surface area contributed by atoms with Crippen molar-refractivity contribution in [1.29, 1.82) is 0 Å². The van der Waals surface area contributed by atoms with E-state index in [9.17, 15) is 14.7 Å². The van der Waals surface area contributed by atoms with Gasteiger partial charge in [0.1, 0.15) is 19.6 Å². The minimum atomic E-state index is -0.394. The van der Waals surface area contributed by atoms with Gasteiger partial charge >= 0.3 is 0 Å². The number of aliphatic hydroxyl groups is 1. The van der Waals surface area contributed by atoms with Crippen molar-refractivity contribution in [2.24, 2.45) is 5.41 Å². The van der Waals surface area contributed by atoms with Crippen LogP contribution in [0.4, 0.5) is 0 Å². The highest BCUT2D eigenvalue weighted by Crippen LogP contribution is 2.19. The molecule has 1 unspecified atom stereocenters. The molecule has 0 aliphatic carbocycles. The lowest BCUT2D eigenvalue weighted by molar-refractivity contribution is -0.907. The molecule has 0 aliphatic rings. The molecule has 0 saturated heterocycles. The Morgan fingerprint density at radius 3 is 1.81 bits per heavy atom. The summed E-state index contributed by atoms with van der Waals surface area (Å²) < 4.78 is 1.76. The van der Waals surface area contributed by atoms with Gasteiger partial charge in [-0.1, -0.05) is 20.8 Å². The van der Waals surface area contributed by atoms with Crippen LogP contribution in [0, 0.1) is 5.41 Å². The molecule has 0 radical (unpaired) electrons. The van der Waals surface area contributed by atoms with Crippen LogP contribution < -0.4 is 42.5 Å². The van der Waals surface area contributed by atoms with Gasteiger partial charge < -0.3 is 61.1 Å². The molecule has 0 aromatic carbocycles. The van der Waals surface area contributed by atoms with Gasteiger partial charge in [-0.2, -0.15) is 0 Å². The van der Waals surface area contributed by atoms with Crippen LogP contribution in [0.25, 0.3) is 0 Å². The second-order valence-corrected chi connectivity index (χ2v) is 11.3. The Kier molecular flexibility index (Phi) is 18.3. The minimum Gasteiger partial charge on any atom is -1.00 e. The van der Waals surface area contributed by atoms with Gasteiger partial charge in [0.05, 0.1) is 62.3 Å². The molecule has 0 aromatic rings. The van der Waals surface area contributed by atoms with E-state index in [0.717, 1.165) is 6.42 Å². The highest BCUT2D eigenvalue weighted by Gasteiger charge is 2.29. The summed E-state index contributed by atoms with van der Waals surface area (Å²) in [4.78, 5) is 24.8. The molecule has 0 spiro atoms. The molecule has 2 N–H and O–H groups in total. The van der Waals surface area contributed by atoms with E-state index in [1.807, 2.05) is 34.9 Å². The summed E-state index contributed by atoms with van der Waals surface area (Å²) in [6.45, 7) is 8.70. The van der Waals surface area contributed by atoms with Crippen molar-refractivity contribution in [3.05, 3.63) is 0 Å². The Morgan fingerprint density at radius 2 is 1.39 bits per heavy atom. The number of hydrogen-bond acceptors (Lipinski definition) is 3. The predicted octanol–water partition coefficient (Wildman–Crippen LogP) is -8.31. The number of hydrogen-bond donors (Lipinski definition) is 2. The molecular weight excluding hydrogens is 463 g/mol. The van der Waals surface area contributed by atoms with Crippen molar-refractivity contribution in [2.75, 3.05) is 82.2 Å². The van der Waals surface area contributed by atoms with E-state index in [1.54, 1.807) is 0 Å². The highest BCUT2D eigenvalue weighted by atomic mass is 35.5. The van der Waals surface area contributed by atoms with Crippen molar-refractivity contribution >= 4 is 11.7 Å². The van der Waals surface area contributed by atoms with Gasteiger partial charge in [-0.05, 0) is 6.42 Å². The normalized spacial score (nSPS) is 13.3. The lowest BCUT2D eigenvalue weighted by Gasteiger charge is -2.35. The number of carbonyl (C=O) groups excluding carboxylic acids is 2. The van der Waals surface area contributed by atoms with Crippen molar-refractivity contribution in [3.8, 4) is 0 Å². The van der Waals surface area contributed by atoms with Gasteiger partial charge in [0, 0.05) is 5.41 Å². The van der Waals surface area contributed by atoms with Crippen LogP contribution in [0.15, 0.2) is 0 Å². The number of carbonyl (C=O) groups is 2. The van der Waals surface area contributed by atoms with Gasteiger partial charge in [0.2, 0.25) is 5.91 Å².